The highest BCUT2D eigenvalue weighted by Crippen LogP contribution is 2.21. The van der Waals surface area contributed by atoms with E-state index in [1.165, 1.54) is 38.6 Å². The highest BCUT2D eigenvalue weighted by atomic mass is 35.5. The van der Waals surface area contributed by atoms with Gasteiger partial charge in [0.2, 0.25) is 5.43 Å². The molecule has 0 aliphatic heterocycles. The Morgan fingerprint density at radius 1 is 1.15 bits per heavy atom. The predicted octanol–water partition coefficient (Wildman–Crippen LogP) is 2.90. The summed E-state index contributed by atoms with van der Waals surface area (Å²) in [4.78, 5) is 29.3. The van der Waals surface area contributed by atoms with E-state index in [1.807, 2.05) is 0 Å². The fourth-order valence-electron chi connectivity index (χ4n) is 2.72. The number of benzene rings is 1. The quantitative estimate of drug-likeness (QED) is 0.568. The fourth-order valence-corrected chi connectivity index (χ4v) is 3.37. The van der Waals surface area contributed by atoms with Gasteiger partial charge in [-0.2, -0.15) is 0 Å². The number of hydrogen-bond donors (Lipinski definition) is 1. The lowest BCUT2D eigenvalue weighted by Crippen LogP contribution is -2.24. The summed E-state index contributed by atoms with van der Waals surface area (Å²) in [5.74, 6) is -0.977. The zero-order chi connectivity index (χ0) is 18.3. The third-order valence-corrected chi connectivity index (χ3v) is 4.82. The third-order valence-electron chi connectivity index (χ3n) is 4.01. The fraction of sp³-hybridized carbons (Fsp3) is 0.0556. The van der Waals surface area contributed by atoms with Crippen LogP contribution in [-0.4, -0.2) is 19.1 Å². The molecular formula is C18H13ClFN3O3S. The van der Waals surface area contributed by atoms with Crippen molar-refractivity contribution in [3.05, 3.63) is 86.4 Å². The van der Waals surface area contributed by atoms with Gasteiger partial charge < -0.3 is 14.1 Å². The Labute approximate surface area is 162 Å². The lowest BCUT2D eigenvalue weighted by atomic mass is 10.2. The van der Waals surface area contributed by atoms with Crippen molar-refractivity contribution in [1.29, 1.82) is 0 Å². The van der Waals surface area contributed by atoms with Crippen molar-refractivity contribution in [1.82, 2.24) is 14.0 Å². The molecule has 0 unspecified atom stereocenters. The topological polar surface area (TPSA) is 76.6 Å². The number of halogens is 2. The molecule has 4 aromatic rings. The van der Waals surface area contributed by atoms with Crippen LogP contribution >= 0.6 is 23.7 Å². The van der Waals surface area contributed by atoms with Gasteiger partial charge in [-0.1, -0.05) is 12.1 Å². The molecule has 0 spiro atoms. The van der Waals surface area contributed by atoms with Gasteiger partial charge in [-0.3, -0.25) is 9.59 Å². The van der Waals surface area contributed by atoms with Gasteiger partial charge in [0, 0.05) is 30.2 Å². The van der Waals surface area contributed by atoms with Crippen LogP contribution in [-0.2, 0) is 6.54 Å². The lowest BCUT2D eigenvalue weighted by molar-refractivity contribution is 0.472. The number of fused-ring (bicyclic) bond motifs is 1. The first-order valence-electron chi connectivity index (χ1n) is 7.66. The van der Waals surface area contributed by atoms with Crippen LogP contribution < -0.4 is 11.0 Å². The van der Waals surface area contributed by atoms with Crippen molar-refractivity contribution in [2.75, 3.05) is 0 Å². The van der Waals surface area contributed by atoms with Gasteiger partial charge in [0.25, 0.3) is 5.56 Å². The number of hydrogen-bond acceptors (Lipinski definition) is 5. The second-order valence-corrected chi connectivity index (χ2v) is 6.57. The van der Waals surface area contributed by atoms with E-state index in [0.29, 0.717) is 5.01 Å². The molecule has 0 amide bonds. The summed E-state index contributed by atoms with van der Waals surface area (Å²) in [5.41, 5.74) is -0.321. The molecule has 0 radical (unpaired) electrons. The second-order valence-electron chi connectivity index (χ2n) is 5.67. The van der Waals surface area contributed by atoms with Crippen molar-refractivity contribution in [3.8, 4) is 16.3 Å². The molecule has 3 heterocycles. The van der Waals surface area contributed by atoms with Crippen molar-refractivity contribution in [3.63, 3.8) is 0 Å². The van der Waals surface area contributed by atoms with Crippen LogP contribution in [0.1, 0.15) is 5.56 Å². The molecule has 0 fully saturated rings. The minimum atomic E-state index is -0.642. The number of nitrogens with zero attached hydrogens (tertiary/aromatic N) is 3. The van der Waals surface area contributed by atoms with Crippen LogP contribution in [0.25, 0.3) is 16.1 Å². The molecule has 6 nitrogen and oxygen atoms in total. The highest BCUT2D eigenvalue weighted by Gasteiger charge is 2.16. The molecule has 0 aliphatic rings. The Morgan fingerprint density at radius 3 is 2.56 bits per heavy atom. The Bertz CT molecular complexity index is 1220. The van der Waals surface area contributed by atoms with Crippen LogP contribution in [0.15, 0.2) is 64.0 Å². The highest BCUT2D eigenvalue weighted by molar-refractivity contribution is 7.13. The van der Waals surface area contributed by atoms with Crippen LogP contribution in [0.4, 0.5) is 4.39 Å². The summed E-state index contributed by atoms with van der Waals surface area (Å²) in [5, 5.41) is 12.5. The van der Waals surface area contributed by atoms with Gasteiger partial charge in [-0.15, -0.1) is 23.7 Å². The SMILES string of the molecule is Cl.O=c1c(-c2nccs2)cn2ccn(Cc3ccc(F)cc3)c(=O)c2c1O. The second kappa shape index (κ2) is 7.34. The zero-order valence-electron chi connectivity index (χ0n) is 13.7. The maximum Gasteiger partial charge on any atom is 0.279 e. The standard InChI is InChI=1S/C18H12FN3O3S.ClH/c19-12-3-1-11(2-4-12)9-22-7-6-21-10-13(17-20-5-8-26-17)15(23)16(24)14(21)18(22)25;/h1-8,10,24H,9H2;1H. The van der Waals surface area contributed by atoms with E-state index in [9.17, 15) is 19.1 Å². The molecule has 0 saturated carbocycles. The van der Waals surface area contributed by atoms with Crippen molar-refractivity contribution >= 4 is 29.3 Å². The maximum atomic E-state index is 13.0. The van der Waals surface area contributed by atoms with Crippen LogP contribution in [0.5, 0.6) is 5.75 Å². The minimum Gasteiger partial charge on any atom is -0.503 e. The van der Waals surface area contributed by atoms with E-state index in [4.69, 9.17) is 0 Å². The molecule has 0 saturated heterocycles. The Morgan fingerprint density at radius 2 is 1.89 bits per heavy atom. The van der Waals surface area contributed by atoms with Gasteiger partial charge in [0.1, 0.15) is 10.8 Å². The van der Waals surface area contributed by atoms with E-state index in [2.05, 4.69) is 4.98 Å². The number of aromatic hydroxyl groups is 1. The van der Waals surface area contributed by atoms with Crippen molar-refractivity contribution in [2.45, 2.75) is 6.54 Å². The first-order valence-corrected chi connectivity index (χ1v) is 8.54. The molecule has 0 aliphatic carbocycles. The number of aromatic nitrogens is 3. The van der Waals surface area contributed by atoms with Crippen molar-refractivity contribution in [2.24, 2.45) is 0 Å². The number of thiazole rings is 1. The van der Waals surface area contributed by atoms with E-state index in [-0.39, 0.29) is 35.8 Å². The Balaban J connectivity index is 0.00000210. The van der Waals surface area contributed by atoms with E-state index >= 15 is 0 Å². The predicted molar refractivity (Wildman–Crippen MR) is 103 cm³/mol. The van der Waals surface area contributed by atoms with E-state index in [1.54, 1.807) is 36.1 Å². The van der Waals surface area contributed by atoms with Crippen LogP contribution in [0, 0.1) is 5.82 Å². The molecule has 27 heavy (non-hydrogen) atoms. The molecule has 138 valence electrons. The molecule has 0 atom stereocenters. The van der Waals surface area contributed by atoms with E-state index < -0.39 is 16.7 Å². The largest absolute Gasteiger partial charge is 0.503 e. The van der Waals surface area contributed by atoms with Gasteiger partial charge in [-0.25, -0.2) is 9.37 Å². The zero-order valence-corrected chi connectivity index (χ0v) is 15.3. The Hall–Kier alpha value is -2.97. The van der Waals surface area contributed by atoms with Gasteiger partial charge in [0.05, 0.1) is 12.1 Å². The smallest absolute Gasteiger partial charge is 0.279 e. The molecule has 0 bridgehead atoms. The summed E-state index contributed by atoms with van der Waals surface area (Å²) in [7, 11) is 0. The molecular weight excluding hydrogens is 393 g/mol. The summed E-state index contributed by atoms with van der Waals surface area (Å²) in [6, 6.07) is 5.76. The third kappa shape index (κ3) is 3.36. The lowest BCUT2D eigenvalue weighted by Gasteiger charge is -2.10. The normalized spacial score (nSPS) is 10.7. The van der Waals surface area contributed by atoms with E-state index in [0.717, 1.165) is 5.56 Å². The summed E-state index contributed by atoms with van der Waals surface area (Å²) >= 11 is 1.27. The first-order chi connectivity index (χ1) is 12.5. The van der Waals surface area contributed by atoms with Crippen molar-refractivity contribution < 1.29 is 9.50 Å². The Kier molecular flexibility index (Phi) is 5.11. The minimum absolute atomic E-state index is 0. The summed E-state index contributed by atoms with van der Waals surface area (Å²) in [6.45, 7) is 0.192. The molecule has 3 aromatic heterocycles. The van der Waals surface area contributed by atoms with Gasteiger partial charge >= 0.3 is 0 Å². The number of rotatable bonds is 3. The maximum absolute atomic E-state index is 13.0. The van der Waals surface area contributed by atoms with Gasteiger partial charge in [-0.05, 0) is 17.7 Å². The monoisotopic (exact) mass is 405 g/mol. The summed E-state index contributed by atoms with van der Waals surface area (Å²) < 4.78 is 15.8. The van der Waals surface area contributed by atoms with Gasteiger partial charge in [0.15, 0.2) is 11.3 Å². The average molecular weight is 406 g/mol. The summed E-state index contributed by atoms with van der Waals surface area (Å²) in [6.07, 6.45) is 6.18. The average Bonchev–Trinajstić information content (AvgIpc) is 3.16. The van der Waals surface area contributed by atoms with Crippen LogP contribution in [0.2, 0.25) is 0 Å². The molecule has 4 rings (SSSR count). The van der Waals surface area contributed by atoms with Crippen LogP contribution in [0.3, 0.4) is 0 Å². The molecule has 1 N–H and O–H groups in total. The molecule has 9 heteroatoms. The number of pyridine rings is 1. The first kappa shape index (κ1) is 18.8. The molecule has 1 aromatic carbocycles.